The van der Waals surface area contributed by atoms with E-state index in [0.717, 1.165) is 25.0 Å². The molecule has 2 rings (SSSR count). The zero-order valence-electron chi connectivity index (χ0n) is 9.13. The number of rotatable bonds is 4. The van der Waals surface area contributed by atoms with Crippen LogP contribution >= 0.6 is 0 Å². The van der Waals surface area contributed by atoms with Gasteiger partial charge in [0.15, 0.2) is 0 Å². The fourth-order valence-electron chi connectivity index (χ4n) is 2.15. The molecule has 0 radical (unpaired) electrons. The normalized spacial score (nSPS) is 18.2. The van der Waals surface area contributed by atoms with E-state index in [4.69, 9.17) is 0 Å². The van der Waals surface area contributed by atoms with Gasteiger partial charge >= 0.3 is 0 Å². The van der Waals surface area contributed by atoms with Crippen molar-refractivity contribution in [3.05, 3.63) is 35.4 Å². The summed E-state index contributed by atoms with van der Waals surface area (Å²) < 4.78 is 26.2. The lowest BCUT2D eigenvalue weighted by atomic mass is 9.80. The van der Waals surface area contributed by atoms with Crippen LogP contribution in [0.4, 0.5) is 8.78 Å². The number of hydrogen-bond donors (Lipinski definition) is 1. The lowest BCUT2D eigenvalue weighted by Crippen LogP contribution is -2.21. The van der Waals surface area contributed by atoms with E-state index >= 15 is 0 Å². The SMILES string of the molecule is OC(Cc1cc(F)ccc1F)CC1CCC1. The third kappa shape index (κ3) is 2.79. The van der Waals surface area contributed by atoms with Crippen molar-refractivity contribution >= 4 is 0 Å². The predicted molar refractivity (Wildman–Crippen MR) is 58.0 cm³/mol. The minimum atomic E-state index is -0.554. The largest absolute Gasteiger partial charge is 0.393 e. The molecule has 0 bridgehead atoms. The van der Waals surface area contributed by atoms with Crippen molar-refractivity contribution in [2.45, 2.75) is 38.2 Å². The summed E-state index contributed by atoms with van der Waals surface area (Å²) in [6, 6.07) is 3.37. The molecule has 1 atom stereocenters. The van der Waals surface area contributed by atoms with E-state index in [2.05, 4.69) is 0 Å². The van der Waals surface area contributed by atoms with E-state index in [0.29, 0.717) is 12.3 Å². The second-order valence-corrected chi connectivity index (χ2v) is 4.63. The van der Waals surface area contributed by atoms with Gasteiger partial charge in [0, 0.05) is 6.42 Å². The first-order chi connectivity index (χ1) is 7.65. The Balaban J connectivity index is 1.93. The van der Waals surface area contributed by atoms with Gasteiger partial charge in [0.25, 0.3) is 0 Å². The van der Waals surface area contributed by atoms with Crippen molar-refractivity contribution in [3.63, 3.8) is 0 Å². The van der Waals surface area contributed by atoms with Crippen LogP contribution in [-0.2, 0) is 6.42 Å². The highest BCUT2D eigenvalue weighted by atomic mass is 19.1. The van der Waals surface area contributed by atoms with Crippen LogP contribution in [0.3, 0.4) is 0 Å². The van der Waals surface area contributed by atoms with E-state index in [1.165, 1.54) is 12.5 Å². The predicted octanol–water partition coefficient (Wildman–Crippen LogP) is 3.06. The minimum Gasteiger partial charge on any atom is -0.393 e. The molecule has 0 spiro atoms. The smallest absolute Gasteiger partial charge is 0.126 e. The summed E-state index contributed by atoms with van der Waals surface area (Å²) in [4.78, 5) is 0. The van der Waals surface area contributed by atoms with Crippen molar-refractivity contribution < 1.29 is 13.9 Å². The van der Waals surface area contributed by atoms with Gasteiger partial charge in [-0.15, -0.1) is 0 Å². The zero-order chi connectivity index (χ0) is 11.5. The summed E-state index contributed by atoms with van der Waals surface area (Å²) >= 11 is 0. The highest BCUT2D eigenvalue weighted by molar-refractivity contribution is 5.19. The van der Waals surface area contributed by atoms with E-state index in [1.807, 2.05) is 0 Å². The van der Waals surface area contributed by atoms with Crippen LogP contribution in [0.2, 0.25) is 0 Å². The molecule has 3 heteroatoms. The van der Waals surface area contributed by atoms with Gasteiger partial charge in [-0.25, -0.2) is 8.78 Å². The van der Waals surface area contributed by atoms with E-state index in [1.54, 1.807) is 0 Å². The van der Waals surface area contributed by atoms with Gasteiger partial charge in [-0.05, 0) is 36.1 Å². The van der Waals surface area contributed by atoms with Gasteiger partial charge in [0.1, 0.15) is 11.6 Å². The topological polar surface area (TPSA) is 20.2 Å². The molecule has 1 unspecified atom stereocenters. The zero-order valence-corrected chi connectivity index (χ0v) is 9.13. The second-order valence-electron chi connectivity index (χ2n) is 4.63. The summed E-state index contributed by atoms with van der Waals surface area (Å²) in [6.07, 6.45) is 3.90. The molecule has 0 heterocycles. The average Bonchev–Trinajstić information content (AvgIpc) is 2.18. The molecule has 1 aromatic carbocycles. The molecule has 0 aliphatic heterocycles. The molecule has 1 aromatic rings. The maximum absolute atomic E-state index is 13.3. The molecular formula is C13H16F2O. The molecule has 88 valence electrons. The lowest BCUT2D eigenvalue weighted by molar-refractivity contribution is 0.117. The van der Waals surface area contributed by atoms with Crippen molar-refractivity contribution in [2.75, 3.05) is 0 Å². The summed E-state index contributed by atoms with van der Waals surface area (Å²) in [5, 5.41) is 9.76. The second kappa shape index (κ2) is 4.91. The molecule has 0 amide bonds. The Hall–Kier alpha value is -0.960. The molecule has 1 aliphatic carbocycles. The molecule has 1 aliphatic rings. The first-order valence-corrected chi connectivity index (χ1v) is 5.77. The number of halogens is 2. The Kier molecular flexibility index (Phi) is 3.54. The van der Waals surface area contributed by atoms with Gasteiger partial charge in [0.05, 0.1) is 6.10 Å². The Morgan fingerprint density at radius 1 is 1.31 bits per heavy atom. The highest BCUT2D eigenvalue weighted by Gasteiger charge is 2.21. The number of benzene rings is 1. The van der Waals surface area contributed by atoms with E-state index < -0.39 is 17.7 Å². The van der Waals surface area contributed by atoms with Crippen molar-refractivity contribution in [1.82, 2.24) is 0 Å². The molecule has 1 saturated carbocycles. The molecule has 1 N–H and O–H groups in total. The monoisotopic (exact) mass is 226 g/mol. The van der Waals surface area contributed by atoms with Gasteiger partial charge in [-0.1, -0.05) is 19.3 Å². The number of hydrogen-bond acceptors (Lipinski definition) is 1. The third-order valence-corrected chi connectivity index (χ3v) is 3.29. The fourth-order valence-corrected chi connectivity index (χ4v) is 2.15. The quantitative estimate of drug-likeness (QED) is 0.836. The summed E-state index contributed by atoms with van der Waals surface area (Å²) in [6.45, 7) is 0. The first-order valence-electron chi connectivity index (χ1n) is 5.77. The molecule has 1 fully saturated rings. The lowest BCUT2D eigenvalue weighted by Gasteiger charge is -2.27. The van der Waals surface area contributed by atoms with Gasteiger partial charge in [0.2, 0.25) is 0 Å². The minimum absolute atomic E-state index is 0.208. The van der Waals surface area contributed by atoms with Crippen LogP contribution in [0.5, 0.6) is 0 Å². The first kappa shape index (κ1) is 11.5. The molecule has 16 heavy (non-hydrogen) atoms. The molecule has 0 saturated heterocycles. The van der Waals surface area contributed by atoms with E-state index in [-0.39, 0.29) is 12.0 Å². The standard InChI is InChI=1S/C13H16F2O/c14-11-4-5-13(15)10(7-11)8-12(16)6-9-2-1-3-9/h4-5,7,9,12,16H,1-3,6,8H2. The fraction of sp³-hybridized carbons (Fsp3) is 0.538. The molecule has 0 aromatic heterocycles. The Labute approximate surface area is 94.1 Å². The van der Waals surface area contributed by atoms with Gasteiger partial charge in [-0.2, -0.15) is 0 Å². The highest BCUT2D eigenvalue weighted by Crippen LogP contribution is 2.31. The van der Waals surface area contributed by atoms with Gasteiger partial charge < -0.3 is 5.11 Å². The summed E-state index contributed by atoms with van der Waals surface area (Å²) in [5.74, 6) is -0.312. The summed E-state index contributed by atoms with van der Waals surface area (Å²) in [7, 11) is 0. The third-order valence-electron chi connectivity index (χ3n) is 3.29. The van der Waals surface area contributed by atoms with Crippen LogP contribution in [0.25, 0.3) is 0 Å². The van der Waals surface area contributed by atoms with Crippen LogP contribution in [-0.4, -0.2) is 11.2 Å². The Bertz CT molecular complexity index is 361. The van der Waals surface area contributed by atoms with Crippen molar-refractivity contribution in [3.8, 4) is 0 Å². The number of aliphatic hydroxyl groups is 1. The van der Waals surface area contributed by atoms with Crippen molar-refractivity contribution in [1.29, 1.82) is 0 Å². The number of aliphatic hydroxyl groups excluding tert-OH is 1. The van der Waals surface area contributed by atoms with Crippen LogP contribution in [0, 0.1) is 17.6 Å². The van der Waals surface area contributed by atoms with E-state index in [9.17, 15) is 13.9 Å². The van der Waals surface area contributed by atoms with Crippen LogP contribution in [0.15, 0.2) is 18.2 Å². The Morgan fingerprint density at radius 2 is 2.06 bits per heavy atom. The van der Waals surface area contributed by atoms with Crippen LogP contribution in [0.1, 0.15) is 31.2 Å². The molecular weight excluding hydrogens is 210 g/mol. The maximum Gasteiger partial charge on any atom is 0.126 e. The van der Waals surface area contributed by atoms with Crippen LogP contribution < -0.4 is 0 Å². The average molecular weight is 226 g/mol. The van der Waals surface area contributed by atoms with Gasteiger partial charge in [-0.3, -0.25) is 0 Å². The maximum atomic E-state index is 13.3. The molecule has 1 nitrogen and oxygen atoms in total. The van der Waals surface area contributed by atoms with Crippen molar-refractivity contribution in [2.24, 2.45) is 5.92 Å². The summed E-state index contributed by atoms with van der Waals surface area (Å²) in [5.41, 5.74) is 0.270. The Morgan fingerprint density at radius 3 is 2.69 bits per heavy atom.